The Balaban J connectivity index is 2.09. The van der Waals surface area contributed by atoms with Crippen LogP contribution in [0.2, 0.25) is 0 Å². The molecular formula is C12H12BrNO4. The number of benzene rings is 1. The highest BCUT2D eigenvalue weighted by Gasteiger charge is 2.24. The first kappa shape index (κ1) is 13.0. The predicted octanol–water partition coefficient (Wildman–Crippen LogP) is 2.26. The molecule has 1 heterocycles. The number of carbonyl (C=O) groups is 2. The largest absolute Gasteiger partial charge is 0.478 e. The second kappa shape index (κ2) is 5.49. The Kier molecular flexibility index (Phi) is 3.98. The molecule has 1 saturated heterocycles. The minimum atomic E-state index is -1.01. The number of nitrogens with one attached hydrogen (secondary N) is 1. The zero-order valence-corrected chi connectivity index (χ0v) is 11.1. The molecule has 96 valence electrons. The summed E-state index contributed by atoms with van der Waals surface area (Å²) in [6, 6.07) is 4.45. The van der Waals surface area contributed by atoms with Gasteiger partial charge < -0.3 is 15.2 Å². The van der Waals surface area contributed by atoms with Crippen LogP contribution in [0.25, 0.3) is 0 Å². The molecule has 1 atom stereocenters. The van der Waals surface area contributed by atoms with Crippen molar-refractivity contribution in [3.63, 3.8) is 0 Å². The first-order valence-corrected chi connectivity index (χ1v) is 6.32. The third-order valence-corrected chi connectivity index (χ3v) is 3.35. The van der Waals surface area contributed by atoms with Crippen molar-refractivity contribution in [1.82, 2.24) is 0 Å². The van der Waals surface area contributed by atoms with Crippen molar-refractivity contribution in [2.45, 2.75) is 18.9 Å². The van der Waals surface area contributed by atoms with Crippen LogP contribution >= 0.6 is 15.9 Å². The maximum absolute atomic E-state index is 11.8. The van der Waals surface area contributed by atoms with Crippen LogP contribution in [0.15, 0.2) is 22.7 Å². The summed E-state index contributed by atoms with van der Waals surface area (Å²) in [5.41, 5.74) is 0.706. The van der Waals surface area contributed by atoms with Gasteiger partial charge in [0.1, 0.15) is 6.10 Å². The smallest absolute Gasteiger partial charge is 0.335 e. The quantitative estimate of drug-likeness (QED) is 0.897. The summed E-state index contributed by atoms with van der Waals surface area (Å²) in [4.78, 5) is 22.6. The third kappa shape index (κ3) is 2.88. The Labute approximate surface area is 112 Å². The second-order valence-electron chi connectivity index (χ2n) is 3.99. The monoisotopic (exact) mass is 313 g/mol. The van der Waals surface area contributed by atoms with E-state index in [9.17, 15) is 9.59 Å². The molecule has 2 N–H and O–H groups in total. The van der Waals surface area contributed by atoms with Gasteiger partial charge in [-0.1, -0.05) is 0 Å². The highest BCUT2D eigenvalue weighted by molar-refractivity contribution is 9.10. The number of carbonyl (C=O) groups excluding carboxylic acids is 1. The molecular weight excluding hydrogens is 302 g/mol. The van der Waals surface area contributed by atoms with Crippen molar-refractivity contribution in [2.24, 2.45) is 0 Å². The molecule has 18 heavy (non-hydrogen) atoms. The Bertz CT molecular complexity index is 483. The Hall–Kier alpha value is -1.40. The molecule has 1 amide bonds. The van der Waals surface area contributed by atoms with E-state index in [1.165, 1.54) is 12.1 Å². The lowest BCUT2D eigenvalue weighted by Crippen LogP contribution is -2.27. The van der Waals surface area contributed by atoms with Crippen molar-refractivity contribution < 1.29 is 19.4 Å². The fourth-order valence-electron chi connectivity index (χ4n) is 1.75. The van der Waals surface area contributed by atoms with E-state index in [0.717, 1.165) is 12.8 Å². The van der Waals surface area contributed by atoms with Gasteiger partial charge in [0.05, 0.1) is 11.3 Å². The van der Waals surface area contributed by atoms with Gasteiger partial charge in [0.25, 0.3) is 5.91 Å². The lowest BCUT2D eigenvalue weighted by Gasteiger charge is -2.12. The van der Waals surface area contributed by atoms with Gasteiger partial charge in [-0.2, -0.15) is 0 Å². The number of ether oxygens (including phenoxy) is 1. The molecule has 0 aliphatic carbocycles. The summed E-state index contributed by atoms with van der Waals surface area (Å²) in [5, 5.41) is 11.5. The third-order valence-electron chi connectivity index (χ3n) is 2.70. The van der Waals surface area contributed by atoms with Crippen LogP contribution < -0.4 is 5.32 Å². The molecule has 0 radical (unpaired) electrons. The van der Waals surface area contributed by atoms with Gasteiger partial charge in [-0.25, -0.2) is 4.79 Å². The number of amides is 1. The average molecular weight is 314 g/mol. The van der Waals surface area contributed by atoms with Crippen molar-refractivity contribution in [3.8, 4) is 0 Å². The van der Waals surface area contributed by atoms with E-state index in [4.69, 9.17) is 9.84 Å². The lowest BCUT2D eigenvalue weighted by molar-refractivity contribution is -0.124. The molecule has 0 aromatic heterocycles. The highest BCUT2D eigenvalue weighted by atomic mass is 79.9. The molecule has 0 bridgehead atoms. The van der Waals surface area contributed by atoms with Gasteiger partial charge >= 0.3 is 5.97 Å². The van der Waals surface area contributed by atoms with E-state index in [0.29, 0.717) is 16.8 Å². The summed E-state index contributed by atoms with van der Waals surface area (Å²) >= 11 is 3.23. The van der Waals surface area contributed by atoms with E-state index in [2.05, 4.69) is 21.2 Å². The number of hydrogen-bond donors (Lipinski definition) is 2. The first-order valence-electron chi connectivity index (χ1n) is 5.53. The standard InChI is InChI=1S/C12H12BrNO4/c13-8-6-7(12(16)17)3-4-9(8)14-11(15)10-2-1-5-18-10/h3-4,6,10H,1-2,5H2,(H,14,15)(H,16,17)/t10-/m0/s1. The van der Waals surface area contributed by atoms with Crippen molar-refractivity contribution in [1.29, 1.82) is 0 Å². The van der Waals surface area contributed by atoms with Crippen LogP contribution in [0, 0.1) is 0 Å². The number of carboxylic acids is 1. The van der Waals surface area contributed by atoms with Crippen LogP contribution in [0.4, 0.5) is 5.69 Å². The fraction of sp³-hybridized carbons (Fsp3) is 0.333. The van der Waals surface area contributed by atoms with Crippen LogP contribution in [0.3, 0.4) is 0 Å². The molecule has 2 rings (SSSR count). The van der Waals surface area contributed by atoms with Gasteiger partial charge in [0.15, 0.2) is 0 Å². The molecule has 1 aromatic carbocycles. The molecule has 0 spiro atoms. The number of rotatable bonds is 3. The van der Waals surface area contributed by atoms with E-state index in [1.807, 2.05) is 0 Å². The average Bonchev–Trinajstić information content (AvgIpc) is 2.85. The van der Waals surface area contributed by atoms with E-state index in [-0.39, 0.29) is 11.5 Å². The Morgan fingerprint density at radius 1 is 1.44 bits per heavy atom. The maximum atomic E-state index is 11.8. The maximum Gasteiger partial charge on any atom is 0.335 e. The molecule has 1 aromatic rings. The summed E-state index contributed by atoms with van der Waals surface area (Å²) in [6.45, 7) is 0.608. The minimum absolute atomic E-state index is 0.164. The summed E-state index contributed by atoms with van der Waals surface area (Å²) in [5.74, 6) is -1.20. The fourth-order valence-corrected chi connectivity index (χ4v) is 2.23. The van der Waals surface area contributed by atoms with Gasteiger partial charge in [-0.15, -0.1) is 0 Å². The zero-order chi connectivity index (χ0) is 13.1. The molecule has 5 nitrogen and oxygen atoms in total. The van der Waals surface area contributed by atoms with E-state index in [1.54, 1.807) is 6.07 Å². The topological polar surface area (TPSA) is 75.6 Å². The van der Waals surface area contributed by atoms with E-state index >= 15 is 0 Å². The van der Waals surface area contributed by atoms with Gasteiger partial charge in [0, 0.05) is 11.1 Å². The predicted molar refractivity (Wildman–Crippen MR) is 68.7 cm³/mol. The summed E-state index contributed by atoms with van der Waals surface area (Å²) in [6.07, 6.45) is 1.20. The van der Waals surface area contributed by atoms with Crippen molar-refractivity contribution in [3.05, 3.63) is 28.2 Å². The van der Waals surface area contributed by atoms with Gasteiger partial charge in [0.2, 0.25) is 0 Å². The number of carboxylic acid groups (broad SMARTS) is 1. The van der Waals surface area contributed by atoms with Crippen molar-refractivity contribution in [2.75, 3.05) is 11.9 Å². The molecule has 0 saturated carbocycles. The van der Waals surface area contributed by atoms with E-state index < -0.39 is 12.1 Å². The number of aromatic carboxylic acids is 1. The highest BCUT2D eigenvalue weighted by Crippen LogP contribution is 2.25. The van der Waals surface area contributed by atoms with Crippen LogP contribution in [-0.4, -0.2) is 29.7 Å². The van der Waals surface area contributed by atoms with Crippen LogP contribution in [-0.2, 0) is 9.53 Å². The zero-order valence-electron chi connectivity index (χ0n) is 9.48. The molecule has 1 fully saturated rings. The Morgan fingerprint density at radius 2 is 2.22 bits per heavy atom. The van der Waals surface area contributed by atoms with Crippen molar-refractivity contribution >= 4 is 33.5 Å². The van der Waals surface area contributed by atoms with Gasteiger partial charge in [-0.05, 0) is 47.0 Å². The molecule has 0 unspecified atom stereocenters. The first-order chi connectivity index (χ1) is 8.58. The van der Waals surface area contributed by atoms with Crippen LogP contribution in [0.5, 0.6) is 0 Å². The molecule has 1 aliphatic heterocycles. The number of anilines is 1. The lowest BCUT2D eigenvalue weighted by atomic mass is 10.2. The van der Waals surface area contributed by atoms with Crippen LogP contribution in [0.1, 0.15) is 23.2 Å². The second-order valence-corrected chi connectivity index (χ2v) is 4.85. The number of halogens is 1. The summed E-state index contributed by atoms with van der Waals surface area (Å²) < 4.78 is 5.80. The normalized spacial score (nSPS) is 18.6. The Morgan fingerprint density at radius 3 is 2.78 bits per heavy atom. The number of hydrogen-bond acceptors (Lipinski definition) is 3. The SMILES string of the molecule is O=C(O)c1ccc(NC(=O)[C@@H]2CCCO2)c(Br)c1. The molecule has 1 aliphatic rings. The van der Waals surface area contributed by atoms with Gasteiger partial charge in [-0.3, -0.25) is 4.79 Å². The summed E-state index contributed by atoms with van der Waals surface area (Å²) in [7, 11) is 0. The minimum Gasteiger partial charge on any atom is -0.478 e. The molecule has 6 heteroatoms.